The van der Waals surface area contributed by atoms with Gasteiger partial charge in [0.15, 0.2) is 0 Å². The molecule has 0 saturated carbocycles. The number of hydrogen-bond donors (Lipinski definition) is 1. The van der Waals surface area contributed by atoms with Gasteiger partial charge < -0.3 is 10.2 Å². The number of nitro benzene ring substituents is 1. The van der Waals surface area contributed by atoms with Gasteiger partial charge in [-0.25, -0.2) is 0 Å². The molecule has 1 aromatic rings. The number of hydrogen-bond acceptors (Lipinski definition) is 4. The van der Waals surface area contributed by atoms with E-state index < -0.39 is 4.92 Å². The predicted octanol–water partition coefficient (Wildman–Crippen LogP) is 2.46. The van der Waals surface area contributed by atoms with Crippen LogP contribution in [0.15, 0.2) is 18.2 Å². The lowest BCUT2D eigenvalue weighted by atomic mass is 10.0. The molecule has 114 valence electrons. The topological polar surface area (TPSA) is 75.5 Å². The summed E-state index contributed by atoms with van der Waals surface area (Å²) in [5, 5.41) is 13.5. The van der Waals surface area contributed by atoms with Crippen LogP contribution in [-0.2, 0) is 0 Å². The zero-order chi connectivity index (χ0) is 15.4. The number of amides is 1. The first kappa shape index (κ1) is 15.7. The van der Waals surface area contributed by atoms with Gasteiger partial charge in [0.25, 0.3) is 11.6 Å². The van der Waals surface area contributed by atoms with Gasteiger partial charge in [-0.1, -0.05) is 18.0 Å². The SMILES string of the molecule is CN1CCCCC1CNC(=O)c1ccc([N+](=O)[O-])c(Cl)c1. The summed E-state index contributed by atoms with van der Waals surface area (Å²) in [4.78, 5) is 24.4. The van der Waals surface area contributed by atoms with Gasteiger partial charge in [-0.15, -0.1) is 0 Å². The second kappa shape index (κ2) is 6.87. The van der Waals surface area contributed by atoms with Gasteiger partial charge in [-0.3, -0.25) is 14.9 Å². The predicted molar refractivity (Wildman–Crippen MR) is 80.7 cm³/mol. The van der Waals surface area contributed by atoms with Crippen LogP contribution in [0.3, 0.4) is 0 Å². The van der Waals surface area contributed by atoms with Crippen molar-refractivity contribution in [2.45, 2.75) is 25.3 Å². The summed E-state index contributed by atoms with van der Waals surface area (Å²) in [5.74, 6) is -0.259. The fourth-order valence-corrected chi connectivity index (χ4v) is 2.76. The minimum absolute atomic E-state index is 0.0255. The molecule has 21 heavy (non-hydrogen) atoms. The van der Waals surface area contributed by atoms with Crippen LogP contribution in [0.4, 0.5) is 5.69 Å². The minimum atomic E-state index is -0.568. The Kier molecular flexibility index (Phi) is 5.14. The molecule has 1 aliphatic heterocycles. The Morgan fingerprint density at radius 2 is 2.29 bits per heavy atom. The molecule has 7 heteroatoms. The number of halogens is 1. The summed E-state index contributed by atoms with van der Waals surface area (Å²) < 4.78 is 0. The quantitative estimate of drug-likeness (QED) is 0.684. The van der Waals surface area contributed by atoms with E-state index in [0.29, 0.717) is 18.2 Å². The van der Waals surface area contributed by atoms with E-state index in [1.54, 1.807) is 0 Å². The van der Waals surface area contributed by atoms with Gasteiger partial charge in [0, 0.05) is 24.2 Å². The van der Waals surface area contributed by atoms with Crippen molar-refractivity contribution in [3.8, 4) is 0 Å². The number of carbonyl (C=O) groups excluding carboxylic acids is 1. The van der Waals surface area contributed by atoms with E-state index in [9.17, 15) is 14.9 Å². The van der Waals surface area contributed by atoms with Gasteiger partial charge in [0.1, 0.15) is 5.02 Å². The number of benzene rings is 1. The third-order valence-corrected chi connectivity index (χ3v) is 4.13. The van der Waals surface area contributed by atoms with Gasteiger partial charge in [0.2, 0.25) is 0 Å². The Morgan fingerprint density at radius 1 is 1.52 bits per heavy atom. The molecule has 1 unspecified atom stereocenters. The molecular formula is C14H18ClN3O3. The van der Waals surface area contributed by atoms with E-state index in [1.807, 2.05) is 0 Å². The number of nitro groups is 1. The van der Waals surface area contributed by atoms with Crippen molar-refractivity contribution in [2.75, 3.05) is 20.1 Å². The van der Waals surface area contributed by atoms with Gasteiger partial charge >= 0.3 is 0 Å². The van der Waals surface area contributed by atoms with Crippen LogP contribution < -0.4 is 5.32 Å². The molecule has 2 rings (SSSR count). The molecular weight excluding hydrogens is 294 g/mol. The monoisotopic (exact) mass is 311 g/mol. The highest BCUT2D eigenvalue weighted by Crippen LogP contribution is 2.25. The number of likely N-dealkylation sites (N-methyl/N-ethyl adjacent to an activating group) is 1. The number of piperidine rings is 1. The maximum atomic E-state index is 12.1. The standard InChI is InChI=1S/C14H18ClN3O3/c1-17-7-3-2-4-11(17)9-16-14(19)10-5-6-13(18(20)21)12(15)8-10/h5-6,8,11H,2-4,7,9H2,1H3,(H,16,19). The lowest BCUT2D eigenvalue weighted by molar-refractivity contribution is -0.384. The lowest BCUT2D eigenvalue weighted by Crippen LogP contribution is -2.44. The summed E-state index contributed by atoms with van der Waals surface area (Å²) in [5.41, 5.74) is 0.143. The summed E-state index contributed by atoms with van der Waals surface area (Å²) in [7, 11) is 2.05. The first-order valence-corrected chi connectivity index (χ1v) is 7.29. The van der Waals surface area contributed by atoms with E-state index in [0.717, 1.165) is 13.0 Å². The third-order valence-electron chi connectivity index (χ3n) is 3.83. The highest BCUT2D eigenvalue weighted by molar-refractivity contribution is 6.33. The first-order chi connectivity index (χ1) is 9.99. The van der Waals surface area contributed by atoms with E-state index in [1.165, 1.54) is 31.0 Å². The smallest absolute Gasteiger partial charge is 0.287 e. The lowest BCUT2D eigenvalue weighted by Gasteiger charge is -2.32. The Balaban J connectivity index is 1.97. The molecule has 1 amide bonds. The van der Waals surface area contributed by atoms with Crippen LogP contribution in [0.25, 0.3) is 0 Å². The minimum Gasteiger partial charge on any atom is -0.350 e. The Labute approximate surface area is 128 Å². The molecule has 0 bridgehead atoms. The number of rotatable bonds is 4. The number of carbonyl (C=O) groups is 1. The molecule has 6 nitrogen and oxygen atoms in total. The Morgan fingerprint density at radius 3 is 2.90 bits per heavy atom. The van der Waals surface area contributed by atoms with E-state index >= 15 is 0 Å². The fraction of sp³-hybridized carbons (Fsp3) is 0.500. The normalized spacial score (nSPS) is 19.2. The summed E-state index contributed by atoms with van der Waals surface area (Å²) in [6.45, 7) is 1.62. The van der Waals surface area contributed by atoms with Crippen LogP contribution >= 0.6 is 11.6 Å². The molecule has 0 aromatic heterocycles. The summed E-state index contributed by atoms with van der Waals surface area (Å²) in [6.07, 6.45) is 3.44. The molecule has 0 spiro atoms. The van der Waals surface area contributed by atoms with E-state index in [2.05, 4.69) is 17.3 Å². The van der Waals surface area contributed by atoms with Crippen molar-refractivity contribution in [1.29, 1.82) is 0 Å². The van der Waals surface area contributed by atoms with Crippen LogP contribution in [0, 0.1) is 10.1 Å². The molecule has 1 aliphatic rings. The number of nitrogens with one attached hydrogen (secondary N) is 1. The molecule has 1 fully saturated rings. The van der Waals surface area contributed by atoms with E-state index in [4.69, 9.17) is 11.6 Å². The second-order valence-electron chi connectivity index (χ2n) is 5.26. The van der Waals surface area contributed by atoms with Crippen LogP contribution in [0.5, 0.6) is 0 Å². The molecule has 1 atom stereocenters. The Hall–Kier alpha value is -1.66. The molecule has 1 heterocycles. The maximum Gasteiger partial charge on any atom is 0.287 e. The summed E-state index contributed by atoms with van der Waals surface area (Å²) >= 11 is 5.81. The van der Waals surface area contributed by atoms with Gasteiger partial charge in [0.05, 0.1) is 4.92 Å². The summed E-state index contributed by atoms with van der Waals surface area (Å²) in [6, 6.07) is 4.35. The van der Waals surface area contributed by atoms with E-state index in [-0.39, 0.29) is 16.6 Å². The zero-order valence-electron chi connectivity index (χ0n) is 11.8. The number of nitrogens with zero attached hydrogens (tertiary/aromatic N) is 2. The van der Waals surface area contributed by atoms with Crippen LogP contribution in [0.1, 0.15) is 29.6 Å². The van der Waals surface area contributed by atoms with Crippen LogP contribution in [0.2, 0.25) is 5.02 Å². The van der Waals surface area contributed by atoms with Crippen molar-refractivity contribution in [1.82, 2.24) is 10.2 Å². The molecule has 0 aliphatic carbocycles. The Bertz CT molecular complexity index is 550. The average Bonchev–Trinajstić information content (AvgIpc) is 2.45. The average molecular weight is 312 g/mol. The second-order valence-corrected chi connectivity index (χ2v) is 5.67. The molecule has 1 aromatic carbocycles. The third kappa shape index (κ3) is 3.92. The molecule has 1 saturated heterocycles. The molecule has 0 radical (unpaired) electrons. The number of likely N-dealkylation sites (tertiary alicyclic amines) is 1. The highest BCUT2D eigenvalue weighted by Gasteiger charge is 2.20. The van der Waals surface area contributed by atoms with Gasteiger partial charge in [-0.05, 0) is 38.6 Å². The van der Waals surface area contributed by atoms with Crippen molar-refractivity contribution < 1.29 is 9.72 Å². The largest absolute Gasteiger partial charge is 0.350 e. The van der Waals surface area contributed by atoms with Crippen molar-refractivity contribution >= 4 is 23.2 Å². The van der Waals surface area contributed by atoms with Crippen LogP contribution in [-0.4, -0.2) is 41.9 Å². The van der Waals surface area contributed by atoms with Crippen molar-refractivity contribution in [3.63, 3.8) is 0 Å². The van der Waals surface area contributed by atoms with Gasteiger partial charge in [-0.2, -0.15) is 0 Å². The van der Waals surface area contributed by atoms with Crippen molar-refractivity contribution in [3.05, 3.63) is 38.9 Å². The highest BCUT2D eigenvalue weighted by atomic mass is 35.5. The molecule has 1 N–H and O–H groups in total. The fourth-order valence-electron chi connectivity index (χ4n) is 2.51. The van der Waals surface area contributed by atoms with Crippen molar-refractivity contribution in [2.24, 2.45) is 0 Å². The zero-order valence-corrected chi connectivity index (χ0v) is 12.6. The maximum absolute atomic E-state index is 12.1. The first-order valence-electron chi connectivity index (χ1n) is 6.91.